The zero-order valence-electron chi connectivity index (χ0n) is 14.5. The summed E-state index contributed by atoms with van der Waals surface area (Å²) < 4.78 is 14.9. The number of rotatable bonds is 5. The molecule has 6 nitrogen and oxygen atoms in total. The summed E-state index contributed by atoms with van der Waals surface area (Å²) in [6.45, 7) is 1.18. The molecule has 0 saturated carbocycles. The molecule has 1 N–H and O–H groups in total. The third-order valence-electron chi connectivity index (χ3n) is 3.90. The zero-order valence-corrected chi connectivity index (χ0v) is 14.5. The summed E-state index contributed by atoms with van der Waals surface area (Å²) in [5.41, 5.74) is 0.865. The van der Waals surface area contributed by atoms with E-state index in [1.165, 1.54) is 31.5 Å². The molecule has 0 fully saturated rings. The Morgan fingerprint density at radius 2 is 1.89 bits per heavy atom. The molecule has 0 aliphatic heterocycles. The second-order valence-corrected chi connectivity index (χ2v) is 5.91. The molecular formula is C20H16FN3O3. The molecule has 0 aliphatic rings. The molecule has 1 heterocycles. The number of halogens is 1. The average molecular weight is 365 g/mol. The number of carbonyl (C=O) groups excluding carboxylic acids is 2. The molecule has 2 aromatic carbocycles. The van der Waals surface area contributed by atoms with Crippen LogP contribution < -0.4 is 10.9 Å². The van der Waals surface area contributed by atoms with Gasteiger partial charge in [0.15, 0.2) is 5.78 Å². The number of benzene rings is 2. The van der Waals surface area contributed by atoms with E-state index in [0.29, 0.717) is 11.3 Å². The second-order valence-electron chi connectivity index (χ2n) is 5.91. The quantitative estimate of drug-likeness (QED) is 0.705. The first-order valence-corrected chi connectivity index (χ1v) is 8.16. The van der Waals surface area contributed by atoms with Gasteiger partial charge in [0.1, 0.15) is 12.4 Å². The summed E-state index contributed by atoms with van der Waals surface area (Å²) in [7, 11) is 0. The molecule has 7 heteroatoms. The predicted octanol–water partition coefficient (Wildman–Crippen LogP) is 2.89. The largest absolute Gasteiger partial charge is 0.325 e. The van der Waals surface area contributed by atoms with Crippen molar-refractivity contribution >= 4 is 17.4 Å². The maximum atomic E-state index is 13.8. The van der Waals surface area contributed by atoms with Crippen LogP contribution in [0.2, 0.25) is 0 Å². The van der Waals surface area contributed by atoms with Gasteiger partial charge in [0.25, 0.3) is 5.56 Å². The first-order chi connectivity index (χ1) is 12.9. The van der Waals surface area contributed by atoms with Crippen LogP contribution in [-0.2, 0) is 11.3 Å². The van der Waals surface area contributed by atoms with Crippen molar-refractivity contribution in [2.24, 2.45) is 0 Å². The van der Waals surface area contributed by atoms with E-state index >= 15 is 0 Å². The van der Waals surface area contributed by atoms with Crippen molar-refractivity contribution in [3.05, 3.63) is 82.7 Å². The third-order valence-corrected chi connectivity index (χ3v) is 3.90. The standard InChI is InChI=1S/C20H16FN3O3/c1-13(25)14-5-4-6-15(9-14)23-19(26)11-24-12-22-18(10-20(24)27)16-7-2-3-8-17(16)21/h2-10,12H,11H2,1H3,(H,23,26). The minimum absolute atomic E-state index is 0.116. The Labute approximate surface area is 154 Å². The smallest absolute Gasteiger partial charge is 0.254 e. The normalized spacial score (nSPS) is 10.4. The topological polar surface area (TPSA) is 81.1 Å². The molecule has 0 atom stereocenters. The summed E-state index contributed by atoms with van der Waals surface area (Å²) in [5.74, 6) is -1.04. The Morgan fingerprint density at radius 1 is 1.11 bits per heavy atom. The molecule has 27 heavy (non-hydrogen) atoms. The van der Waals surface area contributed by atoms with Crippen molar-refractivity contribution in [3.63, 3.8) is 0 Å². The molecule has 3 aromatic rings. The van der Waals surface area contributed by atoms with E-state index in [1.807, 2.05) is 0 Å². The SMILES string of the molecule is CC(=O)c1cccc(NC(=O)Cn2cnc(-c3ccccc3F)cc2=O)c1. The summed E-state index contributed by atoms with van der Waals surface area (Å²) in [5, 5.41) is 2.63. The van der Waals surface area contributed by atoms with Gasteiger partial charge in [-0.05, 0) is 31.2 Å². The Hall–Kier alpha value is -3.61. The van der Waals surface area contributed by atoms with E-state index in [-0.39, 0.29) is 23.6 Å². The van der Waals surface area contributed by atoms with Gasteiger partial charge < -0.3 is 5.32 Å². The number of amides is 1. The monoisotopic (exact) mass is 365 g/mol. The predicted molar refractivity (Wildman–Crippen MR) is 99.0 cm³/mol. The zero-order chi connectivity index (χ0) is 19.4. The molecule has 0 radical (unpaired) electrons. The highest BCUT2D eigenvalue weighted by atomic mass is 19.1. The lowest BCUT2D eigenvalue weighted by atomic mass is 10.1. The molecule has 1 amide bonds. The van der Waals surface area contributed by atoms with Gasteiger partial charge in [0.05, 0.1) is 12.0 Å². The van der Waals surface area contributed by atoms with Crippen LogP contribution in [0.15, 0.2) is 65.7 Å². The second kappa shape index (κ2) is 7.74. The first-order valence-electron chi connectivity index (χ1n) is 8.16. The van der Waals surface area contributed by atoms with Crippen LogP contribution >= 0.6 is 0 Å². The van der Waals surface area contributed by atoms with E-state index in [9.17, 15) is 18.8 Å². The fraction of sp³-hybridized carbons (Fsp3) is 0.100. The Bertz CT molecular complexity index is 1080. The summed E-state index contributed by atoms with van der Waals surface area (Å²) in [6, 6.07) is 13.7. The van der Waals surface area contributed by atoms with Crippen LogP contribution in [0, 0.1) is 5.82 Å². The molecule has 0 saturated heterocycles. The fourth-order valence-corrected chi connectivity index (χ4v) is 2.53. The lowest BCUT2D eigenvalue weighted by molar-refractivity contribution is -0.116. The number of nitrogens with zero attached hydrogens (tertiary/aromatic N) is 2. The van der Waals surface area contributed by atoms with Crippen LogP contribution in [0.25, 0.3) is 11.3 Å². The maximum Gasteiger partial charge on any atom is 0.254 e. The van der Waals surface area contributed by atoms with Crippen LogP contribution in [0.5, 0.6) is 0 Å². The van der Waals surface area contributed by atoms with E-state index in [2.05, 4.69) is 10.3 Å². The molecule has 3 rings (SSSR count). The van der Waals surface area contributed by atoms with Gasteiger partial charge in [0.2, 0.25) is 5.91 Å². The van der Waals surface area contributed by atoms with Crippen molar-refractivity contribution in [1.29, 1.82) is 0 Å². The van der Waals surface area contributed by atoms with Gasteiger partial charge in [-0.1, -0.05) is 24.3 Å². The van der Waals surface area contributed by atoms with Crippen molar-refractivity contribution < 1.29 is 14.0 Å². The Morgan fingerprint density at radius 3 is 2.59 bits per heavy atom. The van der Waals surface area contributed by atoms with E-state index in [1.54, 1.807) is 36.4 Å². The molecule has 0 spiro atoms. The molecule has 136 valence electrons. The number of anilines is 1. The lowest BCUT2D eigenvalue weighted by Gasteiger charge is -2.09. The highest BCUT2D eigenvalue weighted by Gasteiger charge is 2.10. The molecular weight excluding hydrogens is 349 g/mol. The van der Waals surface area contributed by atoms with Gasteiger partial charge in [-0.3, -0.25) is 19.0 Å². The average Bonchev–Trinajstić information content (AvgIpc) is 2.64. The van der Waals surface area contributed by atoms with Crippen molar-refractivity contribution in [1.82, 2.24) is 9.55 Å². The van der Waals surface area contributed by atoms with Crippen LogP contribution in [0.3, 0.4) is 0 Å². The Balaban J connectivity index is 1.75. The molecule has 0 aliphatic carbocycles. The van der Waals surface area contributed by atoms with Crippen molar-refractivity contribution in [3.8, 4) is 11.3 Å². The van der Waals surface area contributed by atoms with Crippen LogP contribution in [-0.4, -0.2) is 21.2 Å². The molecule has 1 aromatic heterocycles. The van der Waals surface area contributed by atoms with Gasteiger partial charge in [-0.15, -0.1) is 0 Å². The number of ketones is 1. The third kappa shape index (κ3) is 4.33. The van der Waals surface area contributed by atoms with Gasteiger partial charge in [-0.2, -0.15) is 0 Å². The van der Waals surface area contributed by atoms with Crippen LogP contribution in [0.1, 0.15) is 17.3 Å². The number of aromatic nitrogens is 2. The highest BCUT2D eigenvalue weighted by molar-refractivity contribution is 5.97. The molecule has 0 bridgehead atoms. The lowest BCUT2D eigenvalue weighted by Crippen LogP contribution is -2.27. The highest BCUT2D eigenvalue weighted by Crippen LogP contribution is 2.18. The van der Waals surface area contributed by atoms with E-state index < -0.39 is 17.3 Å². The van der Waals surface area contributed by atoms with Gasteiger partial charge >= 0.3 is 0 Å². The number of nitrogens with one attached hydrogen (secondary N) is 1. The molecule has 0 unspecified atom stereocenters. The van der Waals surface area contributed by atoms with Crippen LogP contribution in [0.4, 0.5) is 10.1 Å². The van der Waals surface area contributed by atoms with Crippen molar-refractivity contribution in [2.45, 2.75) is 13.5 Å². The summed E-state index contributed by atoms with van der Waals surface area (Å²) in [6.07, 6.45) is 1.20. The first kappa shape index (κ1) is 18.2. The van der Waals surface area contributed by atoms with E-state index in [4.69, 9.17) is 0 Å². The Kier molecular flexibility index (Phi) is 5.21. The van der Waals surface area contributed by atoms with Gasteiger partial charge in [-0.25, -0.2) is 9.37 Å². The number of hydrogen-bond donors (Lipinski definition) is 1. The van der Waals surface area contributed by atoms with Crippen molar-refractivity contribution in [2.75, 3.05) is 5.32 Å². The fourth-order valence-electron chi connectivity index (χ4n) is 2.53. The number of Topliss-reactive ketones (excluding diaryl/α,β-unsaturated/α-hetero) is 1. The minimum atomic E-state index is -0.481. The maximum absolute atomic E-state index is 13.8. The number of carbonyl (C=O) groups is 2. The summed E-state index contributed by atoms with van der Waals surface area (Å²) >= 11 is 0. The van der Waals surface area contributed by atoms with E-state index in [0.717, 1.165) is 4.57 Å². The minimum Gasteiger partial charge on any atom is -0.325 e. The summed E-state index contributed by atoms with van der Waals surface area (Å²) in [4.78, 5) is 39.9. The van der Waals surface area contributed by atoms with Gasteiger partial charge in [0, 0.05) is 22.9 Å². The number of hydrogen-bond acceptors (Lipinski definition) is 4.